The van der Waals surface area contributed by atoms with E-state index in [0.29, 0.717) is 5.25 Å². The highest BCUT2D eigenvalue weighted by Gasteiger charge is 2.33. The summed E-state index contributed by atoms with van der Waals surface area (Å²) in [7, 11) is -4.30. The fourth-order valence-corrected chi connectivity index (χ4v) is 4.03. The molecular formula is C13H30O4S2. The fraction of sp³-hybridized carbons (Fsp3) is 0.923. The molecule has 0 amide bonds. The minimum Gasteiger partial charge on any atom is -0.298 e. The van der Waals surface area contributed by atoms with Crippen LogP contribution in [0.1, 0.15) is 55.9 Å². The third-order valence-corrected chi connectivity index (χ3v) is 4.64. The van der Waals surface area contributed by atoms with Gasteiger partial charge in [0.2, 0.25) is 0 Å². The number of thioether (sulfide) groups is 1. The van der Waals surface area contributed by atoms with Crippen LogP contribution in [0.15, 0.2) is 0 Å². The molecule has 0 heterocycles. The summed E-state index contributed by atoms with van der Waals surface area (Å²) in [6, 6.07) is 0. The van der Waals surface area contributed by atoms with Crippen molar-refractivity contribution >= 4 is 27.7 Å². The first-order valence-corrected chi connectivity index (χ1v) is 8.15. The fourth-order valence-electron chi connectivity index (χ4n) is 1.58. The van der Waals surface area contributed by atoms with Crippen molar-refractivity contribution in [2.24, 2.45) is 5.92 Å². The Morgan fingerprint density at radius 2 is 1.53 bits per heavy atom. The Morgan fingerprint density at radius 1 is 1.11 bits per heavy atom. The number of carbonyl (C=O) groups excluding carboxylic acids is 1. The van der Waals surface area contributed by atoms with Crippen LogP contribution in [0.25, 0.3) is 0 Å². The number of rotatable bonds is 7. The van der Waals surface area contributed by atoms with Crippen LogP contribution in [-0.2, 0) is 14.9 Å². The van der Waals surface area contributed by atoms with Gasteiger partial charge in [0, 0.05) is 11.2 Å². The lowest BCUT2D eigenvalue weighted by molar-refractivity contribution is -0.121. The predicted octanol–water partition coefficient (Wildman–Crippen LogP) is 3.66. The Kier molecular flexibility index (Phi) is 12.3. The number of carbonyl (C=O) groups is 1. The van der Waals surface area contributed by atoms with Crippen LogP contribution >= 0.6 is 11.8 Å². The van der Waals surface area contributed by atoms with Crippen molar-refractivity contribution in [3.05, 3.63) is 0 Å². The van der Waals surface area contributed by atoms with E-state index >= 15 is 0 Å². The van der Waals surface area contributed by atoms with E-state index in [1.165, 1.54) is 0 Å². The Labute approximate surface area is 123 Å². The molecule has 0 aromatic carbocycles. The van der Waals surface area contributed by atoms with Crippen molar-refractivity contribution in [2.75, 3.05) is 0 Å². The molecule has 0 saturated carbocycles. The molecule has 0 aromatic rings. The lowest BCUT2D eigenvalue weighted by Crippen LogP contribution is -2.35. The topological polar surface area (TPSA) is 71.4 Å². The van der Waals surface area contributed by atoms with Crippen LogP contribution in [0.5, 0.6) is 0 Å². The number of ketones is 1. The van der Waals surface area contributed by atoms with E-state index in [9.17, 15) is 13.2 Å². The Hall–Kier alpha value is -0.0700. The number of hydrogen-bond acceptors (Lipinski definition) is 4. The van der Waals surface area contributed by atoms with E-state index in [-0.39, 0.29) is 26.5 Å². The summed E-state index contributed by atoms with van der Waals surface area (Å²) in [5.74, 6) is -0.804. The van der Waals surface area contributed by atoms with Gasteiger partial charge in [-0.05, 0) is 11.7 Å². The third kappa shape index (κ3) is 9.46. The lowest BCUT2D eigenvalue weighted by Gasteiger charge is -2.20. The summed E-state index contributed by atoms with van der Waals surface area (Å²) in [6.45, 7) is 9.17. The number of Topliss-reactive ketones (excluding diaryl/α,β-unsaturated/α-hetero) is 1. The van der Waals surface area contributed by atoms with E-state index in [0.717, 1.165) is 0 Å². The second-order valence-electron chi connectivity index (χ2n) is 4.79. The molecule has 6 heteroatoms. The maximum atomic E-state index is 11.8. The van der Waals surface area contributed by atoms with Crippen LogP contribution in [-0.4, -0.2) is 34.5 Å². The second-order valence-corrected chi connectivity index (χ2v) is 8.41. The molecule has 0 aliphatic rings. The van der Waals surface area contributed by atoms with Crippen LogP contribution in [0.3, 0.4) is 0 Å². The van der Waals surface area contributed by atoms with Gasteiger partial charge in [0.05, 0.1) is 0 Å². The van der Waals surface area contributed by atoms with Gasteiger partial charge in [-0.1, -0.05) is 49.5 Å². The minimum atomic E-state index is -4.30. The second kappa shape index (κ2) is 9.77. The zero-order chi connectivity index (χ0) is 13.8. The van der Waals surface area contributed by atoms with Gasteiger partial charge in [0.25, 0.3) is 10.1 Å². The first-order valence-electron chi connectivity index (χ1n) is 5.71. The molecule has 19 heavy (non-hydrogen) atoms. The normalized spacial score (nSPS) is 14.5. The summed E-state index contributed by atoms with van der Waals surface area (Å²) in [6.07, 6.45) is 0.165. The molecule has 0 aliphatic carbocycles. The largest absolute Gasteiger partial charge is 0.298 e. The molecular weight excluding hydrogens is 284 g/mol. The Balaban J connectivity index is -0.00000128. The highest BCUT2D eigenvalue weighted by molar-refractivity contribution is 8.00. The smallest absolute Gasteiger partial charge is 0.275 e. The summed E-state index contributed by atoms with van der Waals surface area (Å²) >= 11 is 1.60. The first-order chi connectivity index (χ1) is 7.55. The minimum absolute atomic E-state index is 0. The summed E-state index contributed by atoms with van der Waals surface area (Å²) in [5.41, 5.74) is 0. The first kappa shape index (κ1) is 24.0. The molecule has 2 unspecified atom stereocenters. The summed E-state index contributed by atoms with van der Waals surface area (Å²) in [5, 5.41) is -0.908. The van der Waals surface area contributed by atoms with E-state index < -0.39 is 27.1 Å². The Morgan fingerprint density at radius 3 is 1.79 bits per heavy atom. The molecule has 0 bridgehead atoms. The highest BCUT2D eigenvalue weighted by atomic mass is 32.2. The lowest BCUT2D eigenvalue weighted by atomic mass is 10.0. The number of hydrogen-bond donors (Lipinski definition) is 1. The standard InChI is InChI=1S/C11H22O4S2.2CH4/c1-7(2)11(12)10(17(13,14)15)6-9(5)16-8(3)4;;/h7-10H,6H2,1-5H3,(H,13,14,15);2*1H4. The van der Waals surface area contributed by atoms with Gasteiger partial charge in [0.1, 0.15) is 5.25 Å². The van der Waals surface area contributed by atoms with Gasteiger partial charge in [-0.2, -0.15) is 20.2 Å². The van der Waals surface area contributed by atoms with E-state index in [1.807, 2.05) is 20.8 Å². The van der Waals surface area contributed by atoms with E-state index in [1.54, 1.807) is 25.6 Å². The van der Waals surface area contributed by atoms with Crippen molar-refractivity contribution < 1.29 is 17.8 Å². The van der Waals surface area contributed by atoms with Gasteiger partial charge in [-0.3, -0.25) is 9.35 Å². The van der Waals surface area contributed by atoms with Gasteiger partial charge in [-0.15, -0.1) is 0 Å². The van der Waals surface area contributed by atoms with E-state index in [2.05, 4.69) is 0 Å². The van der Waals surface area contributed by atoms with Crippen molar-refractivity contribution in [2.45, 2.75) is 71.6 Å². The highest BCUT2D eigenvalue weighted by Crippen LogP contribution is 2.24. The van der Waals surface area contributed by atoms with Gasteiger partial charge >= 0.3 is 0 Å². The summed E-state index contributed by atoms with van der Waals surface area (Å²) < 4.78 is 31.6. The van der Waals surface area contributed by atoms with Crippen molar-refractivity contribution in [3.8, 4) is 0 Å². The van der Waals surface area contributed by atoms with Gasteiger partial charge < -0.3 is 0 Å². The molecule has 4 nitrogen and oxygen atoms in total. The van der Waals surface area contributed by atoms with Crippen molar-refractivity contribution in [3.63, 3.8) is 0 Å². The molecule has 0 rings (SSSR count). The maximum absolute atomic E-state index is 11.8. The molecule has 118 valence electrons. The molecule has 0 saturated heterocycles. The van der Waals surface area contributed by atoms with Crippen molar-refractivity contribution in [1.82, 2.24) is 0 Å². The van der Waals surface area contributed by atoms with E-state index in [4.69, 9.17) is 4.55 Å². The van der Waals surface area contributed by atoms with Crippen molar-refractivity contribution in [1.29, 1.82) is 0 Å². The third-order valence-electron chi connectivity index (χ3n) is 2.30. The molecule has 0 radical (unpaired) electrons. The molecule has 1 N–H and O–H groups in total. The molecule has 0 fully saturated rings. The van der Waals surface area contributed by atoms with Gasteiger partial charge in [0.15, 0.2) is 5.78 Å². The average Bonchev–Trinajstić information content (AvgIpc) is 2.09. The molecule has 2 atom stereocenters. The molecule has 0 aliphatic heterocycles. The maximum Gasteiger partial charge on any atom is 0.275 e. The zero-order valence-electron chi connectivity index (χ0n) is 11.0. The molecule has 0 aromatic heterocycles. The predicted molar refractivity (Wildman–Crippen MR) is 85.4 cm³/mol. The van der Waals surface area contributed by atoms with Crippen LogP contribution in [0.2, 0.25) is 0 Å². The van der Waals surface area contributed by atoms with Crippen LogP contribution < -0.4 is 0 Å². The Bertz CT molecular complexity index is 348. The summed E-state index contributed by atoms with van der Waals surface area (Å²) in [4.78, 5) is 11.8. The van der Waals surface area contributed by atoms with Crippen LogP contribution in [0, 0.1) is 5.92 Å². The average molecular weight is 315 g/mol. The van der Waals surface area contributed by atoms with Gasteiger partial charge in [-0.25, -0.2) is 0 Å². The monoisotopic (exact) mass is 314 g/mol. The zero-order valence-corrected chi connectivity index (χ0v) is 12.6. The quantitative estimate of drug-likeness (QED) is 0.726. The SMILES string of the molecule is C.C.CC(C)SC(C)CC(C(=O)C(C)C)S(=O)(=O)O. The molecule has 0 spiro atoms. The van der Waals surface area contributed by atoms with Crippen LogP contribution in [0.4, 0.5) is 0 Å².